The molecular weight excluding hydrogens is 306 g/mol. The van der Waals surface area contributed by atoms with E-state index >= 15 is 0 Å². The van der Waals surface area contributed by atoms with Gasteiger partial charge in [0.2, 0.25) is 5.95 Å². The Morgan fingerprint density at radius 3 is 2.46 bits per heavy atom. The molecule has 0 amide bonds. The van der Waals surface area contributed by atoms with Crippen LogP contribution in [0.15, 0.2) is 0 Å². The van der Waals surface area contributed by atoms with E-state index in [1.54, 1.807) is 0 Å². The summed E-state index contributed by atoms with van der Waals surface area (Å²) in [5, 5.41) is 12.5. The monoisotopic (exact) mass is 333 g/mol. The number of aliphatic carboxylic acids is 1. The Morgan fingerprint density at radius 2 is 1.83 bits per heavy atom. The second-order valence-corrected chi connectivity index (χ2v) is 6.87. The highest BCUT2D eigenvalue weighted by Gasteiger charge is 2.23. The van der Waals surface area contributed by atoms with Gasteiger partial charge in [0, 0.05) is 43.5 Å². The lowest BCUT2D eigenvalue weighted by molar-refractivity contribution is -0.138. The van der Waals surface area contributed by atoms with Gasteiger partial charge < -0.3 is 15.3 Å². The van der Waals surface area contributed by atoms with Gasteiger partial charge >= 0.3 is 5.97 Å². The largest absolute Gasteiger partial charge is 0.480 e. The normalized spacial score (nSPS) is 19.7. The molecule has 3 heterocycles. The van der Waals surface area contributed by atoms with E-state index in [9.17, 15) is 4.79 Å². The Hall–Kier alpha value is -1.89. The van der Waals surface area contributed by atoms with Gasteiger partial charge in [0.05, 0.1) is 6.54 Å². The molecule has 1 aromatic heterocycles. The van der Waals surface area contributed by atoms with Crippen molar-refractivity contribution in [1.82, 2.24) is 14.9 Å². The van der Waals surface area contributed by atoms with Gasteiger partial charge in [-0.1, -0.05) is 0 Å². The van der Waals surface area contributed by atoms with Crippen LogP contribution < -0.4 is 10.2 Å². The summed E-state index contributed by atoms with van der Waals surface area (Å²) < 4.78 is 0. The molecule has 2 fully saturated rings. The van der Waals surface area contributed by atoms with Crippen LogP contribution in [0.4, 0.5) is 11.8 Å². The molecule has 0 aliphatic carbocycles. The summed E-state index contributed by atoms with van der Waals surface area (Å²) in [6, 6.07) is 0.342. The van der Waals surface area contributed by atoms with Crippen LogP contribution in [-0.4, -0.2) is 64.7 Å². The van der Waals surface area contributed by atoms with E-state index < -0.39 is 5.97 Å². The van der Waals surface area contributed by atoms with Crippen molar-refractivity contribution in [2.24, 2.45) is 0 Å². The topological polar surface area (TPSA) is 81.6 Å². The van der Waals surface area contributed by atoms with E-state index in [0.29, 0.717) is 6.04 Å². The molecule has 0 saturated carbocycles. The summed E-state index contributed by atoms with van der Waals surface area (Å²) in [6.07, 6.45) is 4.30. The van der Waals surface area contributed by atoms with Crippen molar-refractivity contribution in [3.8, 4) is 0 Å². The van der Waals surface area contributed by atoms with Gasteiger partial charge in [-0.25, -0.2) is 4.98 Å². The lowest BCUT2D eigenvalue weighted by Crippen LogP contribution is -2.41. The molecule has 2 N–H and O–H groups in total. The molecule has 2 aliphatic heterocycles. The smallest absolute Gasteiger partial charge is 0.317 e. The molecule has 0 bridgehead atoms. The molecule has 7 nitrogen and oxygen atoms in total. The van der Waals surface area contributed by atoms with E-state index in [1.807, 2.05) is 11.8 Å². The van der Waals surface area contributed by atoms with Crippen LogP contribution in [0, 0.1) is 13.8 Å². The van der Waals surface area contributed by atoms with Gasteiger partial charge in [0.1, 0.15) is 5.82 Å². The number of carboxylic acids is 1. The maximum atomic E-state index is 10.8. The number of hydrogen-bond acceptors (Lipinski definition) is 6. The first kappa shape index (κ1) is 17.0. The molecule has 132 valence electrons. The van der Waals surface area contributed by atoms with Crippen LogP contribution in [0.25, 0.3) is 0 Å². The first-order valence-electron chi connectivity index (χ1n) is 8.84. The Bertz CT molecular complexity index is 593. The molecule has 0 radical (unpaired) electrons. The number of nitrogens with one attached hydrogen (secondary N) is 1. The van der Waals surface area contributed by atoms with Crippen LogP contribution in [0.5, 0.6) is 0 Å². The van der Waals surface area contributed by atoms with Crippen molar-refractivity contribution in [3.63, 3.8) is 0 Å². The summed E-state index contributed by atoms with van der Waals surface area (Å²) >= 11 is 0. The average molecular weight is 333 g/mol. The third-order valence-corrected chi connectivity index (χ3v) is 5.05. The van der Waals surface area contributed by atoms with Gasteiger partial charge in [0.25, 0.3) is 0 Å². The number of rotatable bonds is 5. The molecule has 0 aromatic carbocycles. The van der Waals surface area contributed by atoms with Crippen molar-refractivity contribution in [2.45, 2.75) is 45.6 Å². The van der Waals surface area contributed by atoms with Crippen molar-refractivity contribution in [3.05, 3.63) is 11.3 Å². The third-order valence-electron chi connectivity index (χ3n) is 5.05. The van der Waals surface area contributed by atoms with E-state index in [1.165, 1.54) is 12.8 Å². The van der Waals surface area contributed by atoms with Crippen LogP contribution in [0.1, 0.15) is 36.9 Å². The quantitative estimate of drug-likeness (QED) is 0.848. The molecular formula is C17H27N5O2. The first-order valence-corrected chi connectivity index (χ1v) is 8.84. The molecule has 7 heteroatoms. The summed E-state index contributed by atoms with van der Waals surface area (Å²) in [4.78, 5) is 24.5. The maximum Gasteiger partial charge on any atom is 0.317 e. The Balaban J connectivity index is 1.65. The molecule has 3 rings (SSSR count). The highest BCUT2D eigenvalue weighted by molar-refractivity contribution is 5.69. The van der Waals surface area contributed by atoms with Crippen molar-refractivity contribution in [1.29, 1.82) is 0 Å². The molecule has 0 atom stereocenters. The van der Waals surface area contributed by atoms with Crippen LogP contribution in [-0.2, 0) is 4.79 Å². The number of aryl methyl sites for hydroxylation is 1. The minimum Gasteiger partial charge on any atom is -0.480 e. The highest BCUT2D eigenvalue weighted by Crippen LogP contribution is 2.24. The molecule has 1 aromatic rings. The second-order valence-electron chi connectivity index (χ2n) is 6.87. The summed E-state index contributed by atoms with van der Waals surface area (Å²) in [6.45, 7) is 7.93. The number of piperidine rings is 1. The second kappa shape index (κ2) is 7.34. The first-order chi connectivity index (χ1) is 11.5. The van der Waals surface area contributed by atoms with E-state index in [-0.39, 0.29) is 6.54 Å². The van der Waals surface area contributed by atoms with E-state index in [2.05, 4.69) is 22.1 Å². The van der Waals surface area contributed by atoms with Crippen molar-refractivity contribution < 1.29 is 9.90 Å². The van der Waals surface area contributed by atoms with Gasteiger partial charge in [-0.3, -0.25) is 9.69 Å². The fourth-order valence-corrected chi connectivity index (χ4v) is 3.43. The summed E-state index contributed by atoms with van der Waals surface area (Å²) in [5.41, 5.74) is 2.13. The summed E-state index contributed by atoms with van der Waals surface area (Å²) in [5.74, 6) is 1.02. The van der Waals surface area contributed by atoms with Crippen molar-refractivity contribution in [2.75, 3.05) is 42.9 Å². The molecule has 0 spiro atoms. The zero-order valence-electron chi connectivity index (χ0n) is 14.6. The molecule has 24 heavy (non-hydrogen) atoms. The van der Waals surface area contributed by atoms with Crippen molar-refractivity contribution >= 4 is 17.7 Å². The Labute approximate surface area is 143 Å². The van der Waals surface area contributed by atoms with Gasteiger partial charge in [0.15, 0.2) is 0 Å². The minimum atomic E-state index is -0.751. The van der Waals surface area contributed by atoms with Gasteiger partial charge in [-0.05, 0) is 39.5 Å². The molecule has 0 unspecified atom stereocenters. The number of anilines is 2. The maximum absolute atomic E-state index is 10.8. The lowest BCUT2D eigenvalue weighted by Gasteiger charge is -2.32. The molecule has 2 aliphatic rings. The van der Waals surface area contributed by atoms with E-state index in [0.717, 1.165) is 62.0 Å². The van der Waals surface area contributed by atoms with E-state index in [4.69, 9.17) is 10.1 Å². The minimum absolute atomic E-state index is 0.136. The van der Waals surface area contributed by atoms with Crippen LogP contribution in [0.3, 0.4) is 0 Å². The van der Waals surface area contributed by atoms with Gasteiger partial charge in [-0.2, -0.15) is 4.98 Å². The number of nitrogens with zero attached hydrogens (tertiary/aromatic N) is 4. The highest BCUT2D eigenvalue weighted by atomic mass is 16.4. The number of hydrogen-bond donors (Lipinski definition) is 2. The van der Waals surface area contributed by atoms with Crippen LogP contribution >= 0.6 is 0 Å². The zero-order valence-corrected chi connectivity index (χ0v) is 14.6. The summed E-state index contributed by atoms with van der Waals surface area (Å²) in [7, 11) is 0. The lowest BCUT2D eigenvalue weighted by atomic mass is 10.0. The van der Waals surface area contributed by atoms with Gasteiger partial charge in [-0.15, -0.1) is 0 Å². The predicted octanol–water partition coefficient (Wildman–Crippen LogP) is 1.65. The number of carbonyl (C=O) groups is 1. The number of carboxylic acid groups (broad SMARTS) is 1. The van der Waals surface area contributed by atoms with Crippen LogP contribution in [0.2, 0.25) is 0 Å². The third kappa shape index (κ3) is 3.95. The Morgan fingerprint density at radius 1 is 1.17 bits per heavy atom. The fraction of sp³-hybridized carbons (Fsp3) is 0.706. The predicted molar refractivity (Wildman–Crippen MR) is 93.7 cm³/mol. The SMILES string of the molecule is Cc1nc(N2CCCC2)nc(NC2CCN(CC(=O)O)CC2)c1C. The zero-order chi connectivity index (χ0) is 17.1. The fourth-order valence-electron chi connectivity index (χ4n) is 3.43. The average Bonchev–Trinajstić information content (AvgIpc) is 3.07. The Kier molecular flexibility index (Phi) is 5.18. The standard InChI is InChI=1S/C17H27N5O2/c1-12-13(2)18-17(22-7-3-4-8-22)20-16(12)19-14-5-9-21(10-6-14)11-15(23)24/h14H,3-11H2,1-2H3,(H,23,24)(H,18,19,20). The molecule has 2 saturated heterocycles. The number of likely N-dealkylation sites (tertiary alicyclic amines) is 1. The number of aromatic nitrogens is 2.